The van der Waals surface area contributed by atoms with Gasteiger partial charge in [0.2, 0.25) is 5.91 Å². The normalized spacial score (nSPS) is 12.7. The van der Waals surface area contributed by atoms with Gasteiger partial charge < -0.3 is 20.9 Å². The van der Waals surface area contributed by atoms with Crippen LogP contribution in [0.5, 0.6) is 0 Å². The maximum atomic E-state index is 12.5. The smallest absolute Gasteiger partial charge is 0.372 e. The Kier molecular flexibility index (Phi) is 7.98. The summed E-state index contributed by atoms with van der Waals surface area (Å²) in [6.45, 7) is 6.62. The van der Waals surface area contributed by atoms with Crippen molar-refractivity contribution in [1.29, 1.82) is 0 Å². The van der Waals surface area contributed by atoms with Gasteiger partial charge in [-0.3, -0.25) is 14.6 Å². The van der Waals surface area contributed by atoms with Crippen molar-refractivity contribution < 1.29 is 22.8 Å². The molecule has 0 saturated carbocycles. The van der Waals surface area contributed by atoms with E-state index in [0.29, 0.717) is 40.3 Å². The van der Waals surface area contributed by atoms with Crippen LogP contribution < -0.4 is 16.0 Å². The Morgan fingerprint density at radius 1 is 1.06 bits per heavy atom. The molecule has 0 aliphatic carbocycles. The fraction of sp³-hybridized carbons (Fsp3) is 0.417. The maximum Gasteiger partial charge on any atom is 0.405 e. The zero-order chi connectivity index (χ0) is 25.8. The second-order valence-electron chi connectivity index (χ2n) is 9.09. The number of H-pyrrole nitrogens is 1. The molecule has 0 spiro atoms. The van der Waals surface area contributed by atoms with Crippen molar-refractivity contribution >= 4 is 28.5 Å². The second-order valence-corrected chi connectivity index (χ2v) is 9.09. The number of carbonyl (C=O) groups is 2. The van der Waals surface area contributed by atoms with E-state index in [-0.39, 0.29) is 11.8 Å². The SMILES string of the molecule is CC(C)CNC(=O)c1cnc2[nH]cc(-c3cncc(N[C@@H](C(=O)NCC(F)(F)F)C(C)C)c3)c2c1. The molecule has 11 heteroatoms. The number of aromatic amines is 1. The summed E-state index contributed by atoms with van der Waals surface area (Å²) in [7, 11) is 0. The predicted molar refractivity (Wildman–Crippen MR) is 128 cm³/mol. The van der Waals surface area contributed by atoms with Crippen molar-refractivity contribution in [3.05, 3.63) is 42.5 Å². The Morgan fingerprint density at radius 3 is 2.46 bits per heavy atom. The largest absolute Gasteiger partial charge is 0.405 e. The number of rotatable bonds is 9. The Hall–Kier alpha value is -3.63. The first kappa shape index (κ1) is 26.0. The van der Waals surface area contributed by atoms with Crippen LogP contribution in [-0.4, -0.2) is 52.1 Å². The molecule has 188 valence electrons. The summed E-state index contributed by atoms with van der Waals surface area (Å²) in [6, 6.07) is 2.59. The Labute approximate surface area is 201 Å². The highest BCUT2D eigenvalue weighted by molar-refractivity contribution is 6.01. The van der Waals surface area contributed by atoms with Gasteiger partial charge in [-0.1, -0.05) is 27.7 Å². The van der Waals surface area contributed by atoms with Crippen LogP contribution in [0, 0.1) is 11.8 Å². The van der Waals surface area contributed by atoms with E-state index in [2.05, 4.69) is 25.6 Å². The molecule has 2 amide bonds. The molecule has 3 rings (SSSR count). The molecule has 0 aliphatic rings. The lowest BCUT2D eigenvalue weighted by Gasteiger charge is -2.23. The molecule has 35 heavy (non-hydrogen) atoms. The second kappa shape index (κ2) is 10.7. The number of amides is 2. The van der Waals surface area contributed by atoms with Crippen molar-refractivity contribution in [2.24, 2.45) is 11.8 Å². The first-order chi connectivity index (χ1) is 16.4. The van der Waals surface area contributed by atoms with Gasteiger partial charge in [0, 0.05) is 47.8 Å². The molecule has 8 nitrogen and oxygen atoms in total. The number of hydrogen-bond donors (Lipinski definition) is 4. The fourth-order valence-electron chi connectivity index (χ4n) is 3.44. The lowest BCUT2D eigenvalue weighted by atomic mass is 10.0. The van der Waals surface area contributed by atoms with Gasteiger partial charge in [0.15, 0.2) is 0 Å². The van der Waals surface area contributed by atoms with Crippen LogP contribution in [0.4, 0.5) is 18.9 Å². The number of halogens is 3. The van der Waals surface area contributed by atoms with Crippen LogP contribution >= 0.6 is 0 Å². The molecule has 0 bridgehead atoms. The average Bonchev–Trinajstić information content (AvgIpc) is 3.22. The van der Waals surface area contributed by atoms with Crippen LogP contribution in [0.15, 0.2) is 36.9 Å². The molecule has 0 saturated heterocycles. The van der Waals surface area contributed by atoms with Gasteiger partial charge >= 0.3 is 6.18 Å². The molecule has 0 unspecified atom stereocenters. The quantitative estimate of drug-likeness (QED) is 0.361. The van der Waals surface area contributed by atoms with Crippen LogP contribution in [0.3, 0.4) is 0 Å². The summed E-state index contributed by atoms with van der Waals surface area (Å²) >= 11 is 0. The zero-order valence-corrected chi connectivity index (χ0v) is 20.0. The fourth-order valence-corrected chi connectivity index (χ4v) is 3.44. The van der Waals surface area contributed by atoms with Crippen molar-refractivity contribution in [3.63, 3.8) is 0 Å². The van der Waals surface area contributed by atoms with Gasteiger partial charge in [-0.05, 0) is 24.0 Å². The number of nitrogens with zero attached hydrogens (tertiary/aromatic N) is 2. The van der Waals surface area contributed by atoms with Gasteiger partial charge in [0.05, 0.1) is 11.3 Å². The van der Waals surface area contributed by atoms with E-state index in [9.17, 15) is 22.8 Å². The van der Waals surface area contributed by atoms with Crippen LogP contribution in [0.1, 0.15) is 38.1 Å². The van der Waals surface area contributed by atoms with Crippen LogP contribution in [0.25, 0.3) is 22.2 Å². The minimum absolute atomic E-state index is 0.224. The summed E-state index contributed by atoms with van der Waals surface area (Å²) in [5, 5.41) is 8.50. The van der Waals surface area contributed by atoms with Crippen LogP contribution in [-0.2, 0) is 4.79 Å². The summed E-state index contributed by atoms with van der Waals surface area (Å²) in [4.78, 5) is 36.5. The van der Waals surface area contributed by atoms with Crippen molar-refractivity contribution in [1.82, 2.24) is 25.6 Å². The van der Waals surface area contributed by atoms with Gasteiger partial charge in [0.25, 0.3) is 5.91 Å². The van der Waals surface area contributed by atoms with Crippen molar-refractivity contribution in [2.75, 3.05) is 18.4 Å². The average molecular weight is 491 g/mol. The lowest BCUT2D eigenvalue weighted by molar-refractivity contribution is -0.139. The Morgan fingerprint density at radius 2 is 1.80 bits per heavy atom. The highest BCUT2D eigenvalue weighted by Crippen LogP contribution is 2.30. The highest BCUT2D eigenvalue weighted by atomic mass is 19.4. The third-order valence-electron chi connectivity index (χ3n) is 5.25. The van der Waals surface area contributed by atoms with Crippen molar-refractivity contribution in [3.8, 4) is 11.1 Å². The first-order valence-corrected chi connectivity index (χ1v) is 11.3. The summed E-state index contributed by atoms with van der Waals surface area (Å²) in [5.41, 5.74) is 2.90. The number of aromatic nitrogens is 3. The molecule has 0 aliphatic heterocycles. The summed E-state index contributed by atoms with van der Waals surface area (Å²) < 4.78 is 37.6. The summed E-state index contributed by atoms with van der Waals surface area (Å²) in [5.74, 6) is -0.949. The minimum Gasteiger partial charge on any atom is -0.372 e. The van der Waals surface area contributed by atoms with Gasteiger partial charge in [0.1, 0.15) is 18.2 Å². The summed E-state index contributed by atoms with van der Waals surface area (Å²) in [6.07, 6.45) is 1.86. The van der Waals surface area contributed by atoms with Gasteiger partial charge in [-0.2, -0.15) is 13.2 Å². The van der Waals surface area contributed by atoms with E-state index in [1.165, 1.54) is 12.4 Å². The van der Waals surface area contributed by atoms with E-state index in [1.807, 2.05) is 19.2 Å². The standard InChI is InChI=1S/C24H29F3N6O2/c1-13(2)7-31-22(34)16-6-18-19(11-30-21(18)29-9-16)15-5-17(10-28-8-15)33-20(14(3)4)23(35)32-12-24(25,26)27/h5-6,8-11,13-14,20,33H,7,12H2,1-4H3,(H,29,30)(H,31,34)(H,32,35)/t20-/m1/s1. The maximum absolute atomic E-state index is 12.5. The van der Waals surface area contributed by atoms with E-state index in [1.54, 1.807) is 38.4 Å². The molecular formula is C24H29F3N6O2. The van der Waals surface area contributed by atoms with Gasteiger partial charge in [-0.15, -0.1) is 0 Å². The molecule has 1 atom stereocenters. The molecule has 3 aromatic rings. The van der Waals surface area contributed by atoms with E-state index < -0.39 is 24.7 Å². The van der Waals surface area contributed by atoms with E-state index >= 15 is 0 Å². The van der Waals surface area contributed by atoms with E-state index in [0.717, 1.165) is 5.56 Å². The lowest BCUT2D eigenvalue weighted by Crippen LogP contribution is -2.46. The molecule has 3 aromatic heterocycles. The molecule has 4 N–H and O–H groups in total. The topological polar surface area (TPSA) is 112 Å². The predicted octanol–water partition coefficient (Wildman–Crippen LogP) is 4.13. The number of hydrogen-bond acceptors (Lipinski definition) is 5. The molecular weight excluding hydrogens is 461 g/mol. The van der Waals surface area contributed by atoms with Crippen LogP contribution in [0.2, 0.25) is 0 Å². The number of nitrogens with one attached hydrogen (secondary N) is 4. The number of alkyl halides is 3. The number of pyridine rings is 2. The third kappa shape index (κ3) is 6.93. The van der Waals surface area contributed by atoms with Crippen molar-refractivity contribution in [2.45, 2.75) is 39.9 Å². The van der Waals surface area contributed by atoms with E-state index in [4.69, 9.17) is 0 Å². The first-order valence-electron chi connectivity index (χ1n) is 11.3. The molecule has 0 radical (unpaired) electrons. The van der Waals surface area contributed by atoms with Gasteiger partial charge in [-0.25, -0.2) is 4.98 Å². The Bertz CT molecular complexity index is 1190. The number of anilines is 1. The number of fused-ring (bicyclic) bond motifs is 1. The Balaban J connectivity index is 1.84. The highest BCUT2D eigenvalue weighted by Gasteiger charge is 2.30. The minimum atomic E-state index is -4.49. The zero-order valence-electron chi connectivity index (χ0n) is 20.0. The molecule has 0 aromatic carbocycles. The third-order valence-corrected chi connectivity index (χ3v) is 5.25. The number of carbonyl (C=O) groups excluding carboxylic acids is 2. The monoisotopic (exact) mass is 490 g/mol. The molecule has 3 heterocycles. The molecule has 0 fully saturated rings.